The number of amides is 1. The fraction of sp³-hybridized carbons (Fsp3) is 0.321. The third kappa shape index (κ3) is 3.09. The van der Waals surface area contributed by atoms with Crippen LogP contribution in [0.15, 0.2) is 59.6 Å². The monoisotopic (exact) mass is 493 g/mol. The molecule has 0 aromatic heterocycles. The Morgan fingerprint density at radius 1 is 1.11 bits per heavy atom. The molecule has 186 valence electrons. The molecule has 0 bridgehead atoms. The van der Waals surface area contributed by atoms with Crippen molar-refractivity contribution in [1.29, 1.82) is 0 Å². The van der Waals surface area contributed by atoms with E-state index in [1.54, 1.807) is 11.0 Å². The summed E-state index contributed by atoms with van der Waals surface area (Å²) in [6.07, 6.45) is 4.23. The molecule has 8 heteroatoms. The van der Waals surface area contributed by atoms with Crippen molar-refractivity contribution in [1.82, 2.24) is 4.90 Å². The largest absolute Gasteiger partial charge is 0.496 e. The van der Waals surface area contributed by atoms with E-state index in [-0.39, 0.29) is 24.7 Å². The summed E-state index contributed by atoms with van der Waals surface area (Å²) in [5, 5.41) is 0. The van der Waals surface area contributed by atoms with Crippen LogP contribution in [-0.2, 0) is 27.1 Å². The Bertz CT molecular complexity index is 1370. The van der Waals surface area contributed by atoms with Crippen LogP contribution in [0, 0.1) is 23.0 Å². The van der Waals surface area contributed by atoms with Crippen LogP contribution in [-0.4, -0.2) is 38.4 Å². The number of hydrogen-bond donors (Lipinski definition) is 0. The molecule has 6 rings (SSSR count). The minimum absolute atomic E-state index is 0.0256. The molecular formula is C28H25F2NO5. The van der Waals surface area contributed by atoms with E-state index in [9.17, 15) is 13.6 Å². The highest BCUT2D eigenvalue weighted by Crippen LogP contribution is 2.55. The molecular weight excluding hydrogens is 468 g/mol. The second-order valence-electron chi connectivity index (χ2n) is 9.49. The van der Waals surface area contributed by atoms with E-state index >= 15 is 0 Å². The Balaban J connectivity index is 1.64. The van der Waals surface area contributed by atoms with E-state index in [2.05, 4.69) is 0 Å². The minimum atomic E-state index is -0.921. The van der Waals surface area contributed by atoms with Gasteiger partial charge in [0.05, 0.1) is 19.9 Å². The van der Waals surface area contributed by atoms with E-state index in [0.29, 0.717) is 41.7 Å². The van der Waals surface area contributed by atoms with Gasteiger partial charge < -0.3 is 23.8 Å². The maximum Gasteiger partial charge on any atom is 0.239 e. The molecule has 0 fully saturated rings. The summed E-state index contributed by atoms with van der Waals surface area (Å²) in [6.45, 7) is 2.45. The zero-order valence-electron chi connectivity index (χ0n) is 20.2. The van der Waals surface area contributed by atoms with Crippen molar-refractivity contribution in [3.8, 4) is 11.5 Å². The molecule has 0 saturated heterocycles. The Kier molecular flexibility index (Phi) is 5.10. The van der Waals surface area contributed by atoms with Gasteiger partial charge in [-0.3, -0.25) is 4.79 Å². The van der Waals surface area contributed by atoms with Gasteiger partial charge in [0.25, 0.3) is 0 Å². The average Bonchev–Trinajstić information content (AvgIpc) is 3.33. The lowest BCUT2D eigenvalue weighted by Crippen LogP contribution is -2.52. The fourth-order valence-corrected chi connectivity index (χ4v) is 5.88. The van der Waals surface area contributed by atoms with E-state index in [1.807, 2.05) is 25.1 Å². The molecule has 36 heavy (non-hydrogen) atoms. The van der Waals surface area contributed by atoms with Crippen LogP contribution in [0.1, 0.15) is 23.6 Å². The first kappa shape index (κ1) is 22.6. The predicted octanol–water partition coefficient (Wildman–Crippen LogP) is 4.74. The van der Waals surface area contributed by atoms with Gasteiger partial charge in [0, 0.05) is 29.5 Å². The molecule has 2 unspecified atom stereocenters. The number of hydrogen-bond acceptors (Lipinski definition) is 5. The number of halogens is 2. The molecule has 0 radical (unpaired) electrons. The van der Waals surface area contributed by atoms with E-state index in [4.69, 9.17) is 18.9 Å². The highest BCUT2D eigenvalue weighted by atomic mass is 19.1. The smallest absolute Gasteiger partial charge is 0.239 e. The number of benzene rings is 2. The number of methoxy groups -OCH3 is 2. The van der Waals surface area contributed by atoms with Crippen LogP contribution < -0.4 is 9.47 Å². The summed E-state index contributed by atoms with van der Waals surface area (Å²) in [6, 6.07) is 7.65. The van der Waals surface area contributed by atoms with Crippen LogP contribution in [0.4, 0.5) is 8.78 Å². The molecule has 2 aromatic carbocycles. The van der Waals surface area contributed by atoms with E-state index in [1.165, 1.54) is 32.4 Å². The summed E-state index contributed by atoms with van der Waals surface area (Å²) >= 11 is 0. The van der Waals surface area contributed by atoms with Gasteiger partial charge in [-0.15, -0.1) is 0 Å². The molecule has 2 aromatic rings. The number of allylic oxidation sites excluding steroid dienone is 3. The van der Waals surface area contributed by atoms with Gasteiger partial charge in [0.15, 0.2) is 23.0 Å². The molecule has 0 saturated carbocycles. The zero-order valence-corrected chi connectivity index (χ0v) is 20.2. The standard InChI is InChI=1S/C28H25F2NO5/c1-28-9-7-21(33-2)26(34-3)24(28)27(32)31-10-8-15-11-22-23(36-14-35-22)13-16(15)25(31)18(28)12-17-19(29)5-4-6-20(17)30/h4-7,9,11,13,24H,8,10,12,14H2,1-3H3. The lowest BCUT2D eigenvalue weighted by atomic mass is 9.62. The van der Waals surface area contributed by atoms with Crippen molar-refractivity contribution >= 4 is 11.6 Å². The summed E-state index contributed by atoms with van der Waals surface area (Å²) in [7, 11) is 3.02. The number of rotatable bonds is 4. The topological polar surface area (TPSA) is 57.2 Å². The normalized spacial score (nSPS) is 24.0. The van der Waals surface area contributed by atoms with Gasteiger partial charge in [-0.2, -0.15) is 0 Å². The number of carbonyl (C=O) groups is 1. The zero-order chi connectivity index (χ0) is 25.2. The minimum Gasteiger partial charge on any atom is -0.496 e. The SMILES string of the molecule is COC1=C(OC)C2C(=O)N3CCc4cc5c(cc4C3=C(Cc3c(F)cccc3F)C2(C)C=C1)OCO5. The fourth-order valence-electron chi connectivity index (χ4n) is 5.88. The van der Waals surface area contributed by atoms with Crippen molar-refractivity contribution in [2.75, 3.05) is 27.6 Å². The Labute approximate surface area is 207 Å². The lowest BCUT2D eigenvalue weighted by molar-refractivity contribution is -0.136. The maximum atomic E-state index is 14.9. The van der Waals surface area contributed by atoms with Gasteiger partial charge >= 0.3 is 0 Å². The Morgan fingerprint density at radius 2 is 1.83 bits per heavy atom. The van der Waals surface area contributed by atoms with Gasteiger partial charge in [0.2, 0.25) is 12.7 Å². The van der Waals surface area contributed by atoms with Crippen molar-refractivity contribution < 1.29 is 32.5 Å². The van der Waals surface area contributed by atoms with Gasteiger partial charge in [-0.1, -0.05) is 19.1 Å². The first-order valence-corrected chi connectivity index (χ1v) is 11.8. The van der Waals surface area contributed by atoms with Gasteiger partial charge in [-0.05, 0) is 47.9 Å². The molecule has 0 spiro atoms. The van der Waals surface area contributed by atoms with Crippen LogP contribution in [0.25, 0.3) is 5.70 Å². The van der Waals surface area contributed by atoms with Crippen molar-refractivity contribution in [2.45, 2.75) is 19.8 Å². The second-order valence-corrected chi connectivity index (χ2v) is 9.49. The highest BCUT2D eigenvalue weighted by molar-refractivity contribution is 5.97. The summed E-state index contributed by atoms with van der Waals surface area (Å²) in [5.74, 6) is -0.0683. The predicted molar refractivity (Wildman–Crippen MR) is 127 cm³/mol. The summed E-state index contributed by atoms with van der Waals surface area (Å²) in [5.41, 5.74) is 2.21. The molecule has 1 aliphatic carbocycles. The Hall–Kier alpha value is -3.81. The van der Waals surface area contributed by atoms with E-state index in [0.717, 1.165) is 16.7 Å². The van der Waals surface area contributed by atoms with Crippen LogP contribution >= 0.6 is 0 Å². The molecule has 3 heterocycles. The lowest BCUT2D eigenvalue weighted by Gasteiger charge is -2.49. The van der Waals surface area contributed by atoms with Crippen LogP contribution in [0.3, 0.4) is 0 Å². The van der Waals surface area contributed by atoms with Gasteiger partial charge in [0.1, 0.15) is 17.6 Å². The summed E-state index contributed by atoms with van der Waals surface area (Å²) < 4.78 is 52.3. The molecule has 6 nitrogen and oxygen atoms in total. The molecule has 2 atom stereocenters. The quantitative estimate of drug-likeness (QED) is 0.616. The third-order valence-corrected chi connectivity index (χ3v) is 7.72. The molecule has 3 aliphatic heterocycles. The second kappa shape index (κ2) is 8.11. The highest BCUT2D eigenvalue weighted by Gasteiger charge is 2.54. The third-order valence-electron chi connectivity index (χ3n) is 7.72. The van der Waals surface area contributed by atoms with Crippen LogP contribution in [0.2, 0.25) is 0 Å². The molecule has 1 amide bonds. The average molecular weight is 494 g/mol. The van der Waals surface area contributed by atoms with Gasteiger partial charge in [-0.25, -0.2) is 8.78 Å². The number of ether oxygens (including phenoxy) is 4. The first-order chi connectivity index (χ1) is 17.4. The van der Waals surface area contributed by atoms with Crippen molar-refractivity contribution in [3.63, 3.8) is 0 Å². The first-order valence-electron chi connectivity index (χ1n) is 11.8. The number of fused-ring (bicyclic) bond motifs is 5. The number of nitrogens with zero attached hydrogens (tertiary/aromatic N) is 1. The van der Waals surface area contributed by atoms with Crippen LogP contribution in [0.5, 0.6) is 11.5 Å². The Morgan fingerprint density at radius 3 is 2.53 bits per heavy atom. The van der Waals surface area contributed by atoms with Crippen molar-refractivity contribution in [3.05, 3.63) is 87.9 Å². The number of carbonyl (C=O) groups excluding carboxylic acids is 1. The van der Waals surface area contributed by atoms with Crippen molar-refractivity contribution in [2.24, 2.45) is 11.3 Å². The maximum absolute atomic E-state index is 14.9. The summed E-state index contributed by atoms with van der Waals surface area (Å²) in [4.78, 5) is 15.8. The van der Waals surface area contributed by atoms with E-state index < -0.39 is 23.0 Å². The molecule has 0 N–H and O–H groups in total. The molecule has 4 aliphatic rings.